The maximum atomic E-state index is 13.6. The number of carbonyl (C=O) groups is 2. The van der Waals surface area contributed by atoms with E-state index in [1.54, 1.807) is 11.0 Å². The van der Waals surface area contributed by atoms with Crippen LogP contribution in [0.3, 0.4) is 0 Å². The van der Waals surface area contributed by atoms with E-state index in [1.165, 1.54) is 0 Å². The summed E-state index contributed by atoms with van der Waals surface area (Å²) in [7, 11) is 0. The summed E-state index contributed by atoms with van der Waals surface area (Å²) in [6.45, 7) is 0.455. The molecule has 3 aromatic carbocycles. The molecule has 1 aliphatic heterocycles. The quantitative estimate of drug-likeness (QED) is 0.432. The normalized spacial score (nSPS) is 17.5. The lowest BCUT2D eigenvalue weighted by atomic mass is 9.95. The average molecular weight is 431 g/mol. The first-order valence-corrected chi connectivity index (χ1v) is 10.9. The fourth-order valence-corrected chi connectivity index (χ4v) is 5.43. The number of aromatic hydroxyl groups is 1. The van der Waals surface area contributed by atoms with Crippen molar-refractivity contribution in [3.05, 3.63) is 70.9 Å². The van der Waals surface area contributed by atoms with E-state index in [9.17, 15) is 14.7 Å². The van der Waals surface area contributed by atoms with E-state index in [0.29, 0.717) is 36.6 Å². The van der Waals surface area contributed by atoms with Gasteiger partial charge in [-0.2, -0.15) is 0 Å². The van der Waals surface area contributed by atoms with Crippen LogP contribution in [-0.4, -0.2) is 34.2 Å². The molecule has 0 saturated carbocycles. The predicted molar refractivity (Wildman–Crippen MR) is 122 cm³/mol. The summed E-state index contributed by atoms with van der Waals surface area (Å²) >= 11 is 6.29. The van der Waals surface area contributed by atoms with Gasteiger partial charge in [0.05, 0.1) is 5.69 Å². The fraction of sp³-hybridized carbons (Fsp3) is 0.200. The molecule has 0 unspecified atom stereocenters. The van der Waals surface area contributed by atoms with Crippen molar-refractivity contribution in [3.63, 3.8) is 0 Å². The summed E-state index contributed by atoms with van der Waals surface area (Å²) in [6, 6.07) is 14.9. The van der Waals surface area contributed by atoms with Crippen LogP contribution in [0.1, 0.15) is 44.3 Å². The lowest BCUT2D eigenvalue weighted by Gasteiger charge is -2.17. The first kappa shape index (κ1) is 18.5. The molecule has 154 valence electrons. The minimum atomic E-state index is -0.169. The Balaban J connectivity index is 1.48. The molecule has 2 aliphatic rings. The first-order chi connectivity index (χ1) is 15.1. The number of benzene rings is 3. The lowest BCUT2D eigenvalue weighted by Crippen LogP contribution is -2.30. The van der Waals surface area contributed by atoms with Crippen LogP contribution in [0.2, 0.25) is 0 Å². The number of amides is 1. The number of anilines is 1. The lowest BCUT2D eigenvalue weighted by molar-refractivity contribution is 0.0980. The number of alkyl halides is 1. The second kappa shape index (κ2) is 6.59. The number of carbonyl (C=O) groups excluding carboxylic acids is 2. The Kier molecular flexibility index (Phi) is 3.93. The van der Waals surface area contributed by atoms with Crippen LogP contribution in [0.25, 0.3) is 21.7 Å². The number of phenols is 1. The third-order valence-corrected chi connectivity index (χ3v) is 7.00. The summed E-state index contributed by atoms with van der Waals surface area (Å²) in [5.41, 5.74) is 4.80. The third-order valence-electron chi connectivity index (χ3n) is 6.62. The number of hydrogen-bond acceptors (Lipinski definition) is 3. The van der Waals surface area contributed by atoms with Crippen LogP contribution in [0.5, 0.6) is 5.75 Å². The van der Waals surface area contributed by atoms with Gasteiger partial charge in [-0.1, -0.05) is 24.3 Å². The highest BCUT2D eigenvalue weighted by atomic mass is 35.5. The number of aromatic nitrogens is 1. The van der Waals surface area contributed by atoms with Crippen LogP contribution >= 0.6 is 11.6 Å². The van der Waals surface area contributed by atoms with Gasteiger partial charge in [-0.05, 0) is 41.1 Å². The van der Waals surface area contributed by atoms with Gasteiger partial charge in [-0.25, -0.2) is 0 Å². The Bertz CT molecular complexity index is 1420. The van der Waals surface area contributed by atoms with Gasteiger partial charge in [0.1, 0.15) is 11.4 Å². The van der Waals surface area contributed by atoms with Gasteiger partial charge >= 0.3 is 0 Å². The molecule has 0 bridgehead atoms. The van der Waals surface area contributed by atoms with E-state index < -0.39 is 0 Å². The van der Waals surface area contributed by atoms with E-state index in [2.05, 4.69) is 4.98 Å². The van der Waals surface area contributed by atoms with Crippen molar-refractivity contribution in [2.75, 3.05) is 17.3 Å². The monoisotopic (exact) mass is 430 g/mol. The number of hydrogen-bond donors (Lipinski definition) is 2. The Morgan fingerprint density at radius 1 is 1.10 bits per heavy atom. The van der Waals surface area contributed by atoms with E-state index in [-0.39, 0.29) is 23.4 Å². The minimum absolute atomic E-state index is 0.0163. The number of halogens is 1. The highest BCUT2D eigenvalue weighted by Crippen LogP contribution is 2.45. The molecule has 2 N–H and O–H groups in total. The Morgan fingerprint density at radius 2 is 1.90 bits per heavy atom. The smallest absolute Gasteiger partial charge is 0.274 e. The van der Waals surface area contributed by atoms with Crippen molar-refractivity contribution in [1.82, 2.24) is 4.98 Å². The Labute approximate surface area is 183 Å². The van der Waals surface area contributed by atoms with Gasteiger partial charge in [-0.3, -0.25) is 9.59 Å². The van der Waals surface area contributed by atoms with E-state index in [1.807, 2.05) is 42.5 Å². The van der Waals surface area contributed by atoms with Crippen LogP contribution in [0.4, 0.5) is 5.69 Å². The molecule has 1 aromatic heterocycles. The molecule has 0 radical (unpaired) electrons. The molecule has 0 spiro atoms. The van der Waals surface area contributed by atoms with E-state index in [0.717, 1.165) is 38.4 Å². The van der Waals surface area contributed by atoms with E-state index >= 15 is 0 Å². The molecule has 31 heavy (non-hydrogen) atoms. The molecule has 1 amide bonds. The van der Waals surface area contributed by atoms with E-state index in [4.69, 9.17) is 11.6 Å². The van der Waals surface area contributed by atoms with Crippen molar-refractivity contribution in [2.24, 2.45) is 0 Å². The topological polar surface area (TPSA) is 73.4 Å². The number of fused-ring (bicyclic) bond motifs is 6. The van der Waals surface area contributed by atoms with Gasteiger partial charge in [0, 0.05) is 52.7 Å². The first-order valence-electron chi connectivity index (χ1n) is 10.4. The number of ketones is 1. The Morgan fingerprint density at radius 3 is 2.71 bits per heavy atom. The molecule has 6 rings (SSSR count). The average Bonchev–Trinajstić information content (AvgIpc) is 3.48. The maximum absolute atomic E-state index is 13.6. The zero-order valence-corrected chi connectivity index (χ0v) is 17.4. The number of aryl methyl sites for hydroxylation is 1. The number of nitrogens with zero attached hydrogens (tertiary/aromatic N) is 1. The standard InChI is InChI=1S/C25H19ClN2O3/c26-11-13-12-28(21-10-23(30)15-3-1-2-4-17(15)24(13)21)25(31)20-9-18-14-6-8-22(29)16(14)5-7-19(18)27-20/h1-5,7,9-10,13,27,30H,6,8,11-12H2/t13-/m1/s1. The van der Waals surface area contributed by atoms with Crippen LogP contribution in [0, 0.1) is 0 Å². The summed E-state index contributed by atoms with van der Waals surface area (Å²) < 4.78 is 0. The second-order valence-electron chi connectivity index (χ2n) is 8.30. The highest BCUT2D eigenvalue weighted by Gasteiger charge is 2.35. The number of Topliss-reactive ketones (excluding diaryl/α,β-unsaturated/α-hetero) is 1. The summed E-state index contributed by atoms with van der Waals surface area (Å²) in [5, 5.41) is 13.2. The molecule has 5 nitrogen and oxygen atoms in total. The SMILES string of the molecule is O=C1CCc2c1ccc1[nH]c(C(=O)N3C[C@@H](CCl)c4c3cc(O)c3ccccc43)cc21. The molecule has 2 heterocycles. The Hall–Kier alpha value is -3.31. The molecule has 1 aliphatic carbocycles. The van der Waals surface area contributed by atoms with Gasteiger partial charge < -0.3 is 15.0 Å². The summed E-state index contributed by atoms with van der Waals surface area (Å²) in [4.78, 5) is 30.6. The number of aromatic amines is 1. The summed E-state index contributed by atoms with van der Waals surface area (Å²) in [5.74, 6) is 0.505. The minimum Gasteiger partial charge on any atom is -0.507 e. The molecule has 6 heteroatoms. The fourth-order valence-electron chi connectivity index (χ4n) is 5.17. The molecular formula is C25H19ClN2O3. The van der Waals surface area contributed by atoms with Crippen molar-refractivity contribution in [1.29, 1.82) is 0 Å². The largest absolute Gasteiger partial charge is 0.507 e. The molecule has 0 fully saturated rings. The zero-order valence-electron chi connectivity index (χ0n) is 16.6. The van der Waals surface area contributed by atoms with Gasteiger partial charge in [0.2, 0.25) is 0 Å². The van der Waals surface area contributed by atoms with Crippen LogP contribution in [-0.2, 0) is 6.42 Å². The van der Waals surface area contributed by atoms with Crippen LogP contribution < -0.4 is 4.90 Å². The van der Waals surface area contributed by atoms with Gasteiger partial charge in [-0.15, -0.1) is 11.6 Å². The summed E-state index contributed by atoms with van der Waals surface area (Å²) in [6.07, 6.45) is 1.23. The number of phenolic OH excluding ortho intramolecular Hbond substituents is 1. The van der Waals surface area contributed by atoms with Crippen molar-refractivity contribution < 1.29 is 14.7 Å². The van der Waals surface area contributed by atoms with Crippen molar-refractivity contribution in [2.45, 2.75) is 18.8 Å². The second-order valence-corrected chi connectivity index (χ2v) is 8.61. The molecule has 4 aromatic rings. The zero-order chi connectivity index (χ0) is 21.3. The molecule has 0 saturated heterocycles. The molecule has 1 atom stereocenters. The maximum Gasteiger partial charge on any atom is 0.274 e. The van der Waals surface area contributed by atoms with Crippen LogP contribution in [0.15, 0.2) is 48.5 Å². The third kappa shape index (κ3) is 2.56. The molecular weight excluding hydrogens is 412 g/mol. The van der Waals surface area contributed by atoms with Crippen molar-refractivity contribution in [3.8, 4) is 5.75 Å². The van der Waals surface area contributed by atoms with Gasteiger partial charge in [0.15, 0.2) is 5.78 Å². The van der Waals surface area contributed by atoms with Gasteiger partial charge in [0.25, 0.3) is 5.91 Å². The highest BCUT2D eigenvalue weighted by molar-refractivity contribution is 6.19. The number of rotatable bonds is 2. The number of nitrogens with one attached hydrogen (secondary N) is 1. The number of H-pyrrole nitrogens is 1. The predicted octanol–water partition coefficient (Wildman–Crippen LogP) is 5.14. The van der Waals surface area contributed by atoms with Crippen molar-refractivity contribution >= 4 is 50.7 Å².